The van der Waals surface area contributed by atoms with Crippen LogP contribution in [-0.2, 0) is 0 Å². The van der Waals surface area contributed by atoms with Crippen molar-refractivity contribution in [3.63, 3.8) is 0 Å². The third-order valence-electron chi connectivity index (χ3n) is 3.45. The third kappa shape index (κ3) is 0.611. The molecule has 3 saturated carbocycles. The van der Waals surface area contributed by atoms with E-state index in [1.807, 2.05) is 0 Å². The van der Waals surface area contributed by atoms with Crippen molar-refractivity contribution in [1.82, 2.24) is 0 Å². The lowest BCUT2D eigenvalue weighted by molar-refractivity contribution is 0.000701. The highest BCUT2D eigenvalue weighted by Crippen LogP contribution is 2.66. The van der Waals surface area contributed by atoms with Crippen LogP contribution >= 0.6 is 0 Å². The van der Waals surface area contributed by atoms with E-state index in [-0.39, 0.29) is 0 Å². The molecule has 0 amide bonds. The van der Waals surface area contributed by atoms with Crippen molar-refractivity contribution in [2.45, 2.75) is 25.7 Å². The van der Waals surface area contributed by atoms with Gasteiger partial charge < -0.3 is 10.8 Å². The highest BCUT2D eigenvalue weighted by molar-refractivity contribution is 5.10. The number of hydrogen-bond acceptors (Lipinski definition) is 2. The second-order valence-corrected chi connectivity index (χ2v) is 4.22. The molecule has 0 aromatic carbocycles. The number of hydrogen-bond donors (Lipinski definition) is 2. The summed E-state index contributed by atoms with van der Waals surface area (Å²) >= 11 is 0. The zero-order chi connectivity index (χ0) is 7.24. The maximum absolute atomic E-state index is 9.03. The number of aliphatic hydroxyl groups excluding tert-OH is 1. The fourth-order valence-electron chi connectivity index (χ4n) is 2.86. The lowest BCUT2D eigenvalue weighted by Crippen LogP contribution is -2.44. The van der Waals surface area contributed by atoms with Gasteiger partial charge in [-0.1, -0.05) is 0 Å². The summed E-state index contributed by atoms with van der Waals surface area (Å²) < 4.78 is 0. The summed E-state index contributed by atoms with van der Waals surface area (Å²) in [6.45, 7) is 1.21. The molecule has 0 aliphatic heterocycles. The summed E-state index contributed by atoms with van der Waals surface area (Å²) in [6.07, 6.45) is 4.84. The standard InChI is InChI=1S/C8H15NO/c9-5-7-1-2-8(3-7,4-7)6-10/h10H,1-6,9H2. The molecule has 0 spiro atoms. The Morgan fingerprint density at radius 1 is 1.20 bits per heavy atom. The first-order valence-corrected chi connectivity index (χ1v) is 4.05. The molecular formula is C8H15NO. The highest BCUT2D eigenvalue weighted by Gasteiger charge is 2.59. The maximum atomic E-state index is 9.03. The highest BCUT2D eigenvalue weighted by atomic mass is 16.3. The Morgan fingerprint density at radius 3 is 2.10 bits per heavy atom. The summed E-state index contributed by atoms with van der Waals surface area (Å²) in [5, 5.41) is 9.03. The first kappa shape index (κ1) is 6.62. The van der Waals surface area contributed by atoms with Crippen LogP contribution in [0.3, 0.4) is 0 Å². The molecule has 2 nitrogen and oxygen atoms in total. The molecule has 0 saturated heterocycles. The van der Waals surface area contributed by atoms with Gasteiger partial charge in [0.05, 0.1) is 0 Å². The molecule has 0 radical (unpaired) electrons. The predicted molar refractivity (Wildman–Crippen MR) is 39.5 cm³/mol. The molecule has 58 valence electrons. The van der Waals surface area contributed by atoms with Crippen molar-refractivity contribution in [3.8, 4) is 0 Å². The van der Waals surface area contributed by atoms with Gasteiger partial charge in [0.2, 0.25) is 0 Å². The van der Waals surface area contributed by atoms with Crippen molar-refractivity contribution >= 4 is 0 Å². The van der Waals surface area contributed by atoms with Crippen molar-refractivity contribution in [2.75, 3.05) is 13.2 Å². The fraction of sp³-hybridized carbons (Fsp3) is 1.00. The van der Waals surface area contributed by atoms with Gasteiger partial charge in [0.15, 0.2) is 0 Å². The molecule has 10 heavy (non-hydrogen) atoms. The van der Waals surface area contributed by atoms with Crippen LogP contribution in [0.1, 0.15) is 25.7 Å². The number of fused-ring (bicyclic) bond motifs is 1. The first-order valence-electron chi connectivity index (χ1n) is 4.05. The SMILES string of the molecule is NCC12CCC(CO)(C1)C2. The van der Waals surface area contributed by atoms with E-state index in [1.165, 1.54) is 25.7 Å². The van der Waals surface area contributed by atoms with E-state index in [4.69, 9.17) is 10.8 Å². The van der Waals surface area contributed by atoms with Crippen molar-refractivity contribution < 1.29 is 5.11 Å². The van der Waals surface area contributed by atoms with Gasteiger partial charge in [-0.15, -0.1) is 0 Å². The molecule has 3 fully saturated rings. The molecule has 0 atom stereocenters. The molecular weight excluding hydrogens is 126 g/mol. The lowest BCUT2D eigenvalue weighted by Gasteiger charge is -2.46. The van der Waals surface area contributed by atoms with E-state index in [1.54, 1.807) is 0 Å². The summed E-state index contributed by atoms with van der Waals surface area (Å²) in [5.74, 6) is 0. The van der Waals surface area contributed by atoms with E-state index < -0.39 is 0 Å². The van der Waals surface area contributed by atoms with Gasteiger partial charge in [-0.25, -0.2) is 0 Å². The third-order valence-corrected chi connectivity index (χ3v) is 3.45. The maximum Gasteiger partial charge on any atom is 0.0487 e. The summed E-state index contributed by atoms with van der Waals surface area (Å²) in [5.41, 5.74) is 6.42. The molecule has 3 rings (SSSR count). The van der Waals surface area contributed by atoms with Crippen LogP contribution in [0.25, 0.3) is 0 Å². The lowest BCUT2D eigenvalue weighted by atomic mass is 9.61. The molecule has 0 unspecified atom stereocenters. The molecule has 2 bridgehead atoms. The Hall–Kier alpha value is -0.0800. The van der Waals surface area contributed by atoms with Crippen LogP contribution in [0.5, 0.6) is 0 Å². The van der Waals surface area contributed by atoms with Gasteiger partial charge in [-0.3, -0.25) is 0 Å². The first-order chi connectivity index (χ1) is 4.74. The van der Waals surface area contributed by atoms with Gasteiger partial charge in [-0.05, 0) is 43.1 Å². The minimum Gasteiger partial charge on any atom is -0.396 e. The zero-order valence-corrected chi connectivity index (χ0v) is 6.27. The van der Waals surface area contributed by atoms with Gasteiger partial charge >= 0.3 is 0 Å². The van der Waals surface area contributed by atoms with Crippen molar-refractivity contribution in [2.24, 2.45) is 16.6 Å². The summed E-state index contributed by atoms with van der Waals surface area (Å²) in [6, 6.07) is 0. The molecule has 2 heteroatoms. The fourth-order valence-corrected chi connectivity index (χ4v) is 2.86. The number of aliphatic hydroxyl groups is 1. The van der Waals surface area contributed by atoms with Crippen LogP contribution in [0.15, 0.2) is 0 Å². The summed E-state index contributed by atoms with van der Waals surface area (Å²) in [4.78, 5) is 0. The normalized spacial score (nSPS) is 51.0. The van der Waals surface area contributed by atoms with Crippen LogP contribution < -0.4 is 5.73 Å². The summed E-state index contributed by atoms with van der Waals surface area (Å²) in [7, 11) is 0. The van der Waals surface area contributed by atoms with E-state index in [9.17, 15) is 0 Å². The van der Waals surface area contributed by atoms with E-state index >= 15 is 0 Å². The van der Waals surface area contributed by atoms with Crippen molar-refractivity contribution in [3.05, 3.63) is 0 Å². The average Bonchev–Trinajstić information content (AvgIpc) is 2.40. The topological polar surface area (TPSA) is 46.2 Å². The smallest absolute Gasteiger partial charge is 0.0487 e. The molecule has 3 aliphatic rings. The van der Waals surface area contributed by atoms with E-state index in [0.717, 1.165) is 6.54 Å². The van der Waals surface area contributed by atoms with Crippen LogP contribution in [0.4, 0.5) is 0 Å². The second-order valence-electron chi connectivity index (χ2n) is 4.22. The number of nitrogens with two attached hydrogens (primary N) is 1. The largest absolute Gasteiger partial charge is 0.396 e. The van der Waals surface area contributed by atoms with Crippen LogP contribution in [0, 0.1) is 10.8 Å². The Balaban J connectivity index is 2.06. The predicted octanol–water partition coefficient (Wildman–Crippen LogP) is 0.498. The molecule has 0 heterocycles. The average molecular weight is 141 g/mol. The Bertz CT molecular complexity index is 133. The van der Waals surface area contributed by atoms with E-state index in [0.29, 0.717) is 17.4 Å². The van der Waals surface area contributed by atoms with Crippen LogP contribution in [0.2, 0.25) is 0 Å². The molecule has 3 N–H and O–H groups in total. The number of rotatable bonds is 2. The minimum absolute atomic E-state index is 0.319. The Labute approximate surface area is 61.4 Å². The van der Waals surface area contributed by atoms with Gasteiger partial charge in [-0.2, -0.15) is 0 Å². The molecule has 3 aliphatic carbocycles. The molecule has 0 aromatic heterocycles. The Morgan fingerprint density at radius 2 is 1.80 bits per heavy atom. The monoisotopic (exact) mass is 141 g/mol. The van der Waals surface area contributed by atoms with Crippen LogP contribution in [-0.4, -0.2) is 18.3 Å². The van der Waals surface area contributed by atoms with Crippen molar-refractivity contribution in [1.29, 1.82) is 0 Å². The van der Waals surface area contributed by atoms with E-state index in [2.05, 4.69) is 0 Å². The molecule has 0 aromatic rings. The van der Waals surface area contributed by atoms with Gasteiger partial charge in [0, 0.05) is 6.61 Å². The van der Waals surface area contributed by atoms with Gasteiger partial charge in [0.25, 0.3) is 0 Å². The minimum atomic E-state index is 0.319. The Kier molecular flexibility index (Phi) is 1.15. The quantitative estimate of drug-likeness (QED) is 0.588. The zero-order valence-electron chi connectivity index (χ0n) is 6.27. The second kappa shape index (κ2) is 1.74. The van der Waals surface area contributed by atoms with Gasteiger partial charge in [0.1, 0.15) is 0 Å².